The summed E-state index contributed by atoms with van der Waals surface area (Å²) in [5.41, 5.74) is 3.50. The Kier molecular flexibility index (Phi) is 5.54. The Morgan fingerprint density at radius 1 is 1.04 bits per heavy atom. The molecule has 1 amide bonds. The van der Waals surface area contributed by atoms with E-state index in [2.05, 4.69) is 34.4 Å². The lowest BCUT2D eigenvalue weighted by molar-refractivity contribution is 0.102. The predicted molar refractivity (Wildman–Crippen MR) is 98.6 cm³/mol. The summed E-state index contributed by atoms with van der Waals surface area (Å²) in [6.45, 7) is 10.3. The van der Waals surface area contributed by atoms with E-state index in [-0.39, 0.29) is 11.4 Å². The molecule has 0 radical (unpaired) electrons. The van der Waals surface area contributed by atoms with E-state index in [4.69, 9.17) is 0 Å². The van der Waals surface area contributed by atoms with Crippen molar-refractivity contribution in [3.63, 3.8) is 0 Å². The first-order valence-corrected chi connectivity index (χ1v) is 8.36. The number of benzene rings is 1. The van der Waals surface area contributed by atoms with Gasteiger partial charge in [0, 0.05) is 23.6 Å². The molecule has 0 spiro atoms. The number of carbonyl (C=O) groups excluding carboxylic acids is 1. The van der Waals surface area contributed by atoms with Gasteiger partial charge in [0.2, 0.25) is 5.95 Å². The van der Waals surface area contributed by atoms with Crippen LogP contribution in [0.4, 0.5) is 11.6 Å². The van der Waals surface area contributed by atoms with Gasteiger partial charge >= 0.3 is 0 Å². The molecule has 128 valence electrons. The van der Waals surface area contributed by atoms with Crippen LogP contribution in [0.2, 0.25) is 0 Å². The van der Waals surface area contributed by atoms with Gasteiger partial charge in [0.05, 0.1) is 5.56 Å². The second-order valence-electron chi connectivity index (χ2n) is 6.78. The average Bonchev–Trinajstić information content (AvgIpc) is 2.54. The molecule has 0 saturated heterocycles. The van der Waals surface area contributed by atoms with Crippen LogP contribution in [0.25, 0.3) is 0 Å². The molecule has 0 aliphatic carbocycles. The first kappa shape index (κ1) is 17.9. The van der Waals surface area contributed by atoms with E-state index in [1.54, 1.807) is 12.4 Å². The van der Waals surface area contributed by atoms with Crippen molar-refractivity contribution in [2.45, 2.75) is 53.0 Å². The second kappa shape index (κ2) is 7.43. The van der Waals surface area contributed by atoms with Gasteiger partial charge in [-0.3, -0.25) is 4.79 Å². The maximum absolute atomic E-state index is 12.5. The number of carbonyl (C=O) groups is 1. The monoisotopic (exact) mass is 326 g/mol. The molecule has 5 nitrogen and oxygen atoms in total. The topological polar surface area (TPSA) is 66.9 Å². The zero-order valence-electron chi connectivity index (χ0n) is 15.1. The van der Waals surface area contributed by atoms with Crippen LogP contribution < -0.4 is 10.6 Å². The van der Waals surface area contributed by atoms with Crippen LogP contribution in [-0.2, 0) is 12.8 Å². The van der Waals surface area contributed by atoms with Gasteiger partial charge in [0.1, 0.15) is 0 Å². The smallest absolute Gasteiger partial charge is 0.258 e. The molecule has 1 heterocycles. The highest BCUT2D eigenvalue weighted by atomic mass is 16.1. The van der Waals surface area contributed by atoms with E-state index in [0.29, 0.717) is 11.5 Å². The van der Waals surface area contributed by atoms with Gasteiger partial charge in [0.15, 0.2) is 0 Å². The molecule has 24 heavy (non-hydrogen) atoms. The number of amides is 1. The number of rotatable bonds is 5. The summed E-state index contributed by atoms with van der Waals surface area (Å²) in [7, 11) is 0. The Bertz CT molecular complexity index is 680. The highest BCUT2D eigenvalue weighted by Gasteiger charge is 2.14. The van der Waals surface area contributed by atoms with Crippen LogP contribution >= 0.6 is 0 Å². The summed E-state index contributed by atoms with van der Waals surface area (Å²) >= 11 is 0. The van der Waals surface area contributed by atoms with Crippen molar-refractivity contribution in [3.05, 3.63) is 47.3 Å². The highest BCUT2D eigenvalue weighted by molar-refractivity contribution is 6.04. The quantitative estimate of drug-likeness (QED) is 0.869. The maximum atomic E-state index is 12.5. The van der Waals surface area contributed by atoms with Gasteiger partial charge in [-0.15, -0.1) is 0 Å². The van der Waals surface area contributed by atoms with Crippen molar-refractivity contribution < 1.29 is 4.79 Å². The molecule has 0 atom stereocenters. The molecule has 5 heteroatoms. The van der Waals surface area contributed by atoms with E-state index >= 15 is 0 Å². The van der Waals surface area contributed by atoms with E-state index in [1.165, 1.54) is 0 Å². The summed E-state index contributed by atoms with van der Waals surface area (Å²) in [6.07, 6.45) is 4.84. The lowest BCUT2D eigenvalue weighted by atomic mass is 10.0. The zero-order chi connectivity index (χ0) is 17.7. The van der Waals surface area contributed by atoms with Crippen LogP contribution in [0.1, 0.15) is 56.1 Å². The Labute approximate surface area is 143 Å². The van der Waals surface area contributed by atoms with E-state index in [9.17, 15) is 4.79 Å². The third kappa shape index (κ3) is 4.54. The zero-order valence-corrected chi connectivity index (χ0v) is 15.1. The Morgan fingerprint density at radius 2 is 1.58 bits per heavy atom. The fourth-order valence-corrected chi connectivity index (χ4v) is 2.43. The summed E-state index contributed by atoms with van der Waals surface area (Å²) < 4.78 is 0. The van der Waals surface area contributed by atoms with Crippen molar-refractivity contribution in [1.29, 1.82) is 0 Å². The molecule has 2 N–H and O–H groups in total. The minimum atomic E-state index is -0.187. The van der Waals surface area contributed by atoms with Crippen molar-refractivity contribution in [2.24, 2.45) is 0 Å². The molecule has 0 aliphatic rings. The summed E-state index contributed by atoms with van der Waals surface area (Å²) in [6, 6.07) is 6.12. The second-order valence-corrected chi connectivity index (χ2v) is 6.78. The van der Waals surface area contributed by atoms with Crippen LogP contribution in [0, 0.1) is 0 Å². The molecule has 0 unspecified atom stereocenters. The molecule has 0 fully saturated rings. The fourth-order valence-electron chi connectivity index (χ4n) is 2.43. The van der Waals surface area contributed by atoms with Crippen molar-refractivity contribution >= 4 is 17.5 Å². The summed E-state index contributed by atoms with van der Waals surface area (Å²) in [5, 5.41) is 6.21. The lowest BCUT2D eigenvalue weighted by Crippen LogP contribution is -2.27. The minimum Gasteiger partial charge on any atom is -0.350 e. The fraction of sp³-hybridized carbons (Fsp3) is 0.421. The SMILES string of the molecule is CCc1cccc(CC)c1NC(=O)c1cnc(NC(C)(C)C)nc1. The first-order chi connectivity index (χ1) is 11.3. The number of aromatic nitrogens is 2. The molecule has 2 aromatic rings. The number of para-hydroxylation sites is 1. The van der Waals surface area contributed by atoms with Gasteiger partial charge in [-0.25, -0.2) is 9.97 Å². The maximum Gasteiger partial charge on any atom is 0.258 e. The number of anilines is 2. The first-order valence-electron chi connectivity index (χ1n) is 8.36. The van der Waals surface area contributed by atoms with Gasteiger partial charge in [-0.2, -0.15) is 0 Å². The van der Waals surface area contributed by atoms with Gasteiger partial charge in [-0.1, -0.05) is 32.0 Å². The summed E-state index contributed by atoms with van der Waals surface area (Å²) in [5.74, 6) is 0.329. The van der Waals surface area contributed by atoms with Crippen LogP contribution in [-0.4, -0.2) is 21.4 Å². The standard InChI is InChI=1S/C19H26N4O/c1-6-13-9-8-10-14(7-2)16(13)22-17(24)15-11-20-18(21-12-15)23-19(3,4)5/h8-12H,6-7H2,1-5H3,(H,22,24)(H,20,21,23). The molecule has 0 bridgehead atoms. The van der Waals surface area contributed by atoms with Crippen molar-refractivity contribution in [2.75, 3.05) is 10.6 Å². The van der Waals surface area contributed by atoms with Gasteiger partial charge in [-0.05, 0) is 44.7 Å². The van der Waals surface area contributed by atoms with Crippen LogP contribution in [0.3, 0.4) is 0 Å². The molecular weight excluding hydrogens is 300 g/mol. The highest BCUT2D eigenvalue weighted by Crippen LogP contribution is 2.23. The van der Waals surface area contributed by atoms with Gasteiger partial charge < -0.3 is 10.6 Å². The number of nitrogens with one attached hydrogen (secondary N) is 2. The van der Waals surface area contributed by atoms with Crippen LogP contribution in [0.15, 0.2) is 30.6 Å². The normalized spacial score (nSPS) is 11.2. The number of hydrogen-bond donors (Lipinski definition) is 2. The van der Waals surface area contributed by atoms with Crippen molar-refractivity contribution in [3.8, 4) is 0 Å². The number of nitrogens with zero attached hydrogens (tertiary/aromatic N) is 2. The lowest BCUT2D eigenvalue weighted by Gasteiger charge is -2.20. The average molecular weight is 326 g/mol. The third-order valence-electron chi connectivity index (χ3n) is 3.64. The molecule has 2 rings (SSSR count). The number of aryl methyl sites for hydroxylation is 2. The third-order valence-corrected chi connectivity index (χ3v) is 3.64. The van der Waals surface area contributed by atoms with E-state index in [1.807, 2.05) is 39.0 Å². The predicted octanol–water partition coefficient (Wildman–Crippen LogP) is 4.06. The molecule has 1 aromatic carbocycles. The van der Waals surface area contributed by atoms with E-state index < -0.39 is 0 Å². The largest absolute Gasteiger partial charge is 0.350 e. The Morgan fingerprint density at radius 3 is 2.04 bits per heavy atom. The van der Waals surface area contributed by atoms with Crippen LogP contribution in [0.5, 0.6) is 0 Å². The summed E-state index contributed by atoms with van der Waals surface area (Å²) in [4.78, 5) is 21.0. The van der Waals surface area contributed by atoms with E-state index in [0.717, 1.165) is 29.7 Å². The molecular formula is C19H26N4O. The number of hydrogen-bond acceptors (Lipinski definition) is 4. The van der Waals surface area contributed by atoms with Crippen molar-refractivity contribution in [1.82, 2.24) is 9.97 Å². The molecule has 0 saturated carbocycles. The molecule has 1 aromatic heterocycles. The molecule has 0 aliphatic heterocycles. The Balaban J connectivity index is 2.19. The van der Waals surface area contributed by atoms with Gasteiger partial charge in [0.25, 0.3) is 5.91 Å². The Hall–Kier alpha value is -2.43. The minimum absolute atomic E-state index is 0.125.